The minimum absolute atomic E-state index is 0.331. The van der Waals surface area contributed by atoms with Gasteiger partial charge in [0.2, 0.25) is 0 Å². The predicted molar refractivity (Wildman–Crippen MR) is 146 cm³/mol. The van der Waals surface area contributed by atoms with Gasteiger partial charge in [0.05, 0.1) is 12.6 Å². The lowest BCUT2D eigenvalue weighted by atomic mass is 9.96. The molecule has 180 valence electrons. The number of hydrogen-bond donors (Lipinski definition) is 0. The van der Waals surface area contributed by atoms with Crippen molar-refractivity contribution in [1.29, 1.82) is 0 Å². The van der Waals surface area contributed by atoms with Gasteiger partial charge in [0.25, 0.3) is 0 Å². The van der Waals surface area contributed by atoms with Gasteiger partial charge in [0.1, 0.15) is 0 Å². The minimum Gasteiger partial charge on any atom is -0.381 e. The molecule has 3 nitrogen and oxygen atoms in total. The summed E-state index contributed by atoms with van der Waals surface area (Å²) in [5.41, 5.74) is 4.12. The highest BCUT2D eigenvalue weighted by Gasteiger charge is 2.26. The lowest BCUT2D eigenvalue weighted by Gasteiger charge is -2.39. The molecule has 0 saturated carbocycles. The molecule has 35 heavy (non-hydrogen) atoms. The van der Waals surface area contributed by atoms with Crippen LogP contribution in [0.3, 0.4) is 0 Å². The molecular formula is C32H36N2O. The Hall–Kier alpha value is -2.98. The third-order valence-corrected chi connectivity index (χ3v) is 7.11. The fourth-order valence-corrected chi connectivity index (χ4v) is 5.21. The van der Waals surface area contributed by atoms with Crippen LogP contribution in [-0.4, -0.2) is 55.7 Å². The second-order valence-electron chi connectivity index (χ2n) is 9.50. The normalized spacial score (nSPS) is 15.1. The van der Waals surface area contributed by atoms with Crippen LogP contribution in [-0.2, 0) is 11.2 Å². The van der Waals surface area contributed by atoms with Crippen molar-refractivity contribution in [3.05, 3.63) is 120 Å². The molecule has 0 aromatic heterocycles. The van der Waals surface area contributed by atoms with Gasteiger partial charge < -0.3 is 9.64 Å². The second kappa shape index (κ2) is 12.1. The van der Waals surface area contributed by atoms with Gasteiger partial charge in [-0.3, -0.25) is 4.90 Å². The molecule has 0 unspecified atom stereocenters. The summed E-state index contributed by atoms with van der Waals surface area (Å²) in [6.07, 6.45) is 2.07. The molecule has 0 radical (unpaired) electrons. The molecule has 4 aromatic carbocycles. The molecule has 0 bridgehead atoms. The lowest BCUT2D eigenvalue weighted by Crippen LogP contribution is -2.48. The number of nitrogens with zero attached hydrogens (tertiary/aromatic N) is 2. The number of rotatable bonds is 10. The molecule has 0 aliphatic carbocycles. The molecule has 0 amide bonds. The van der Waals surface area contributed by atoms with Crippen molar-refractivity contribution in [3.8, 4) is 0 Å². The molecule has 1 fully saturated rings. The zero-order valence-electron chi connectivity index (χ0n) is 20.6. The number of ether oxygens (including phenoxy) is 1. The average Bonchev–Trinajstić information content (AvgIpc) is 2.93. The van der Waals surface area contributed by atoms with Gasteiger partial charge in [-0.1, -0.05) is 103 Å². The molecule has 3 heteroatoms. The van der Waals surface area contributed by atoms with E-state index >= 15 is 0 Å². The number of hydrogen-bond acceptors (Lipinski definition) is 3. The van der Waals surface area contributed by atoms with Crippen LogP contribution < -0.4 is 0 Å². The first-order valence-electron chi connectivity index (χ1n) is 13.0. The second-order valence-corrected chi connectivity index (χ2v) is 9.50. The van der Waals surface area contributed by atoms with Crippen LogP contribution in [0.2, 0.25) is 0 Å². The molecule has 5 rings (SSSR count). The Kier molecular flexibility index (Phi) is 8.23. The quantitative estimate of drug-likeness (QED) is 0.260. The maximum absolute atomic E-state index is 5.98. The molecule has 0 N–H and O–H groups in total. The summed E-state index contributed by atoms with van der Waals surface area (Å²) in [6.45, 7) is 7.17. The van der Waals surface area contributed by atoms with Crippen molar-refractivity contribution in [2.75, 3.05) is 45.9 Å². The van der Waals surface area contributed by atoms with Gasteiger partial charge in [-0.05, 0) is 40.3 Å². The van der Waals surface area contributed by atoms with Crippen LogP contribution in [0.4, 0.5) is 0 Å². The van der Waals surface area contributed by atoms with Crippen LogP contribution in [0.1, 0.15) is 29.2 Å². The lowest BCUT2D eigenvalue weighted by molar-refractivity contribution is 0.0891. The van der Waals surface area contributed by atoms with Gasteiger partial charge in [0.15, 0.2) is 0 Å². The van der Waals surface area contributed by atoms with Gasteiger partial charge in [-0.25, -0.2) is 0 Å². The highest BCUT2D eigenvalue weighted by atomic mass is 16.5. The Bertz CT molecular complexity index is 1130. The van der Waals surface area contributed by atoms with Crippen molar-refractivity contribution in [2.24, 2.45) is 0 Å². The van der Waals surface area contributed by atoms with Crippen LogP contribution in [0.15, 0.2) is 103 Å². The minimum atomic E-state index is 0.331. The number of piperazine rings is 1. The zero-order valence-corrected chi connectivity index (χ0v) is 20.6. The molecule has 1 heterocycles. The molecule has 4 aromatic rings. The van der Waals surface area contributed by atoms with Crippen molar-refractivity contribution in [1.82, 2.24) is 9.80 Å². The monoisotopic (exact) mass is 464 g/mol. The molecule has 0 spiro atoms. The van der Waals surface area contributed by atoms with Crippen molar-refractivity contribution in [3.63, 3.8) is 0 Å². The van der Waals surface area contributed by atoms with E-state index in [2.05, 4.69) is 113 Å². The smallest absolute Gasteiger partial charge is 0.0602 e. The topological polar surface area (TPSA) is 15.7 Å². The summed E-state index contributed by atoms with van der Waals surface area (Å²) >= 11 is 0. The van der Waals surface area contributed by atoms with E-state index in [1.807, 2.05) is 0 Å². The largest absolute Gasteiger partial charge is 0.381 e. The molecule has 1 saturated heterocycles. The van der Waals surface area contributed by atoms with Gasteiger partial charge in [-0.15, -0.1) is 0 Å². The first-order chi connectivity index (χ1) is 17.4. The summed E-state index contributed by atoms with van der Waals surface area (Å²) in [5, 5.41) is 2.61. The highest BCUT2D eigenvalue weighted by Crippen LogP contribution is 2.29. The van der Waals surface area contributed by atoms with E-state index < -0.39 is 0 Å². The standard InChI is InChI=1S/C32H36N2O/c1-3-11-29(12-4-1)32(30-13-5-2-6-14-30)34-22-20-33(21-23-34)19-9-24-35-25-18-27-16-17-28-10-7-8-15-31(28)26-27/h1-8,10-17,26,32H,9,18-25H2. The van der Waals surface area contributed by atoms with Crippen LogP contribution in [0.5, 0.6) is 0 Å². The van der Waals surface area contributed by atoms with E-state index in [0.29, 0.717) is 6.04 Å². The molecule has 0 atom stereocenters. The predicted octanol–water partition coefficient (Wildman–Crippen LogP) is 6.20. The van der Waals surface area contributed by atoms with Gasteiger partial charge in [0, 0.05) is 39.3 Å². The Morgan fingerprint density at radius 2 is 1.26 bits per heavy atom. The van der Waals surface area contributed by atoms with Crippen molar-refractivity contribution >= 4 is 10.8 Å². The fraction of sp³-hybridized carbons (Fsp3) is 0.312. The van der Waals surface area contributed by atoms with Crippen LogP contribution in [0.25, 0.3) is 10.8 Å². The Balaban J connectivity index is 1.04. The number of benzene rings is 4. The summed E-state index contributed by atoms with van der Waals surface area (Å²) in [4.78, 5) is 5.23. The first-order valence-corrected chi connectivity index (χ1v) is 13.0. The third kappa shape index (κ3) is 6.37. The third-order valence-electron chi connectivity index (χ3n) is 7.11. The number of fused-ring (bicyclic) bond motifs is 1. The summed E-state index contributed by atoms with van der Waals surface area (Å²) in [7, 11) is 0. The van der Waals surface area contributed by atoms with Gasteiger partial charge >= 0.3 is 0 Å². The Morgan fingerprint density at radius 1 is 0.629 bits per heavy atom. The van der Waals surface area contributed by atoms with Gasteiger partial charge in [-0.2, -0.15) is 0 Å². The highest BCUT2D eigenvalue weighted by molar-refractivity contribution is 5.82. The van der Waals surface area contributed by atoms with E-state index in [4.69, 9.17) is 4.74 Å². The van der Waals surface area contributed by atoms with E-state index in [9.17, 15) is 0 Å². The SMILES string of the molecule is c1ccc(C(c2ccccc2)N2CCN(CCCOCCc3ccc4ccccc4c3)CC2)cc1. The average molecular weight is 465 g/mol. The van der Waals surface area contributed by atoms with E-state index in [1.54, 1.807) is 0 Å². The summed E-state index contributed by atoms with van der Waals surface area (Å²) in [5.74, 6) is 0. The van der Waals surface area contributed by atoms with Crippen molar-refractivity contribution < 1.29 is 4.74 Å². The Morgan fingerprint density at radius 3 is 1.94 bits per heavy atom. The Labute approximate surface area is 210 Å². The fourth-order valence-electron chi connectivity index (χ4n) is 5.21. The summed E-state index contributed by atoms with van der Waals surface area (Å²) < 4.78 is 5.98. The molecular weight excluding hydrogens is 428 g/mol. The molecule has 1 aliphatic rings. The van der Waals surface area contributed by atoms with Crippen LogP contribution >= 0.6 is 0 Å². The van der Waals surface area contributed by atoms with E-state index in [1.165, 1.54) is 27.5 Å². The van der Waals surface area contributed by atoms with E-state index in [0.717, 1.165) is 58.8 Å². The maximum Gasteiger partial charge on any atom is 0.0602 e. The van der Waals surface area contributed by atoms with E-state index in [-0.39, 0.29) is 0 Å². The molecule has 1 aliphatic heterocycles. The van der Waals surface area contributed by atoms with Crippen LogP contribution in [0, 0.1) is 0 Å². The summed E-state index contributed by atoms with van der Waals surface area (Å²) in [6, 6.07) is 37.5. The van der Waals surface area contributed by atoms with Crippen molar-refractivity contribution in [2.45, 2.75) is 18.9 Å². The zero-order chi connectivity index (χ0) is 23.7. The first kappa shape index (κ1) is 23.7. The maximum atomic E-state index is 5.98.